The Hall–Kier alpha value is -2.21. The molecule has 0 saturated carbocycles. The third-order valence-corrected chi connectivity index (χ3v) is 1.86. The van der Waals surface area contributed by atoms with Crippen LogP contribution < -0.4 is 5.73 Å². The van der Waals surface area contributed by atoms with E-state index in [0.717, 1.165) is 11.1 Å². The van der Waals surface area contributed by atoms with Crippen LogP contribution in [-0.2, 0) is 0 Å². The Morgan fingerprint density at radius 2 is 2.00 bits per heavy atom. The lowest BCUT2D eigenvalue weighted by Gasteiger charge is -1.95. The molecule has 2 N–H and O–H groups in total. The van der Waals surface area contributed by atoms with Crippen molar-refractivity contribution in [3.63, 3.8) is 0 Å². The molecule has 3 heteroatoms. The third kappa shape index (κ3) is 1.46. The minimum absolute atomic E-state index is 0.168. The van der Waals surface area contributed by atoms with Gasteiger partial charge in [0.1, 0.15) is 0 Å². The van der Waals surface area contributed by atoms with E-state index in [9.17, 15) is 0 Å². The van der Waals surface area contributed by atoms with E-state index >= 15 is 0 Å². The smallest absolute Gasteiger partial charge is 0.292 e. The molecular weight excluding hydrogens is 176 g/mol. The van der Waals surface area contributed by atoms with Gasteiger partial charge in [-0.25, -0.2) is 4.98 Å². The van der Waals surface area contributed by atoms with Crippen LogP contribution in [-0.4, -0.2) is 4.98 Å². The van der Waals surface area contributed by atoms with Crippen molar-refractivity contribution in [3.05, 3.63) is 36.0 Å². The van der Waals surface area contributed by atoms with Gasteiger partial charge in [0.05, 0.1) is 6.20 Å². The van der Waals surface area contributed by atoms with Crippen molar-refractivity contribution in [2.75, 3.05) is 5.73 Å². The molecule has 0 bridgehead atoms. The molecular formula is C11H8N2O. The number of nitrogen functional groups attached to an aromatic ring is 1. The zero-order valence-corrected chi connectivity index (χ0v) is 7.40. The second-order valence-corrected chi connectivity index (χ2v) is 2.78. The molecule has 0 radical (unpaired) electrons. The van der Waals surface area contributed by atoms with Gasteiger partial charge < -0.3 is 10.2 Å². The minimum Gasteiger partial charge on any atom is -0.424 e. The van der Waals surface area contributed by atoms with Gasteiger partial charge in [0.15, 0.2) is 5.76 Å². The lowest BCUT2D eigenvalue weighted by molar-refractivity contribution is 0.595. The summed E-state index contributed by atoms with van der Waals surface area (Å²) in [5.41, 5.74) is 7.11. The lowest BCUT2D eigenvalue weighted by atomic mass is 10.1. The highest BCUT2D eigenvalue weighted by atomic mass is 16.4. The van der Waals surface area contributed by atoms with Crippen molar-refractivity contribution >= 4 is 6.01 Å². The van der Waals surface area contributed by atoms with Crippen LogP contribution in [0.4, 0.5) is 6.01 Å². The van der Waals surface area contributed by atoms with Crippen LogP contribution in [0.5, 0.6) is 0 Å². The zero-order valence-electron chi connectivity index (χ0n) is 7.40. The van der Waals surface area contributed by atoms with Gasteiger partial charge in [0.2, 0.25) is 0 Å². The van der Waals surface area contributed by atoms with Gasteiger partial charge in [-0.2, -0.15) is 0 Å². The number of nitrogens with two attached hydrogens (primary N) is 1. The van der Waals surface area contributed by atoms with Crippen LogP contribution in [0, 0.1) is 12.3 Å². The number of aromatic nitrogens is 1. The molecule has 3 nitrogen and oxygen atoms in total. The topological polar surface area (TPSA) is 52.0 Å². The van der Waals surface area contributed by atoms with E-state index in [-0.39, 0.29) is 6.01 Å². The predicted octanol–water partition coefficient (Wildman–Crippen LogP) is 1.91. The fourth-order valence-electron chi connectivity index (χ4n) is 1.15. The molecule has 0 spiro atoms. The molecule has 14 heavy (non-hydrogen) atoms. The highest BCUT2D eigenvalue weighted by Crippen LogP contribution is 2.21. The van der Waals surface area contributed by atoms with E-state index in [1.165, 1.54) is 0 Å². The van der Waals surface area contributed by atoms with E-state index < -0.39 is 0 Å². The highest BCUT2D eigenvalue weighted by molar-refractivity contribution is 5.58. The first-order valence-electron chi connectivity index (χ1n) is 4.08. The fourth-order valence-corrected chi connectivity index (χ4v) is 1.15. The van der Waals surface area contributed by atoms with Crippen molar-refractivity contribution in [2.24, 2.45) is 0 Å². The Kier molecular flexibility index (Phi) is 1.96. The molecule has 2 rings (SSSR count). The molecule has 1 aromatic carbocycles. The Morgan fingerprint density at radius 1 is 1.29 bits per heavy atom. The van der Waals surface area contributed by atoms with E-state index in [0.29, 0.717) is 5.76 Å². The number of oxazole rings is 1. The highest BCUT2D eigenvalue weighted by Gasteiger charge is 2.02. The predicted molar refractivity (Wildman–Crippen MR) is 54.3 cm³/mol. The molecule has 68 valence electrons. The maximum Gasteiger partial charge on any atom is 0.292 e. The first-order valence-corrected chi connectivity index (χ1v) is 4.08. The number of hydrogen-bond donors (Lipinski definition) is 1. The van der Waals surface area contributed by atoms with E-state index in [2.05, 4.69) is 10.9 Å². The number of terminal acetylenes is 1. The molecule has 0 saturated heterocycles. The Bertz CT molecular complexity index is 477. The van der Waals surface area contributed by atoms with Gasteiger partial charge in [-0.1, -0.05) is 5.92 Å². The Morgan fingerprint density at radius 3 is 2.50 bits per heavy atom. The molecule has 0 amide bonds. The summed E-state index contributed by atoms with van der Waals surface area (Å²) in [6.45, 7) is 0. The molecule has 0 fully saturated rings. The van der Waals surface area contributed by atoms with Crippen LogP contribution in [0.1, 0.15) is 5.56 Å². The number of nitrogens with zero attached hydrogens (tertiary/aromatic N) is 1. The summed E-state index contributed by atoms with van der Waals surface area (Å²) in [5.74, 6) is 3.18. The van der Waals surface area contributed by atoms with Gasteiger partial charge >= 0.3 is 0 Å². The fraction of sp³-hybridized carbons (Fsp3) is 0. The summed E-state index contributed by atoms with van der Waals surface area (Å²) >= 11 is 0. The van der Waals surface area contributed by atoms with Crippen molar-refractivity contribution < 1.29 is 4.42 Å². The first kappa shape index (κ1) is 8.39. The SMILES string of the molecule is C#Cc1ccc(-c2cnc(N)o2)cc1. The Balaban J connectivity index is 2.39. The molecule has 0 aliphatic carbocycles. The second kappa shape index (κ2) is 3.27. The summed E-state index contributed by atoms with van der Waals surface area (Å²) in [6, 6.07) is 7.59. The number of hydrogen-bond acceptors (Lipinski definition) is 3. The lowest BCUT2D eigenvalue weighted by Crippen LogP contribution is -1.80. The average Bonchev–Trinajstić information content (AvgIpc) is 2.65. The number of rotatable bonds is 1. The molecule has 0 aliphatic rings. The maximum absolute atomic E-state index is 5.36. The molecule has 0 atom stereocenters. The van der Waals surface area contributed by atoms with Crippen LogP contribution >= 0.6 is 0 Å². The van der Waals surface area contributed by atoms with Gasteiger partial charge in [0, 0.05) is 11.1 Å². The molecule has 0 aliphatic heterocycles. The van der Waals surface area contributed by atoms with E-state index in [4.69, 9.17) is 16.6 Å². The van der Waals surface area contributed by atoms with Crippen molar-refractivity contribution in [1.82, 2.24) is 4.98 Å². The van der Waals surface area contributed by atoms with Gasteiger partial charge in [-0.05, 0) is 24.3 Å². The van der Waals surface area contributed by atoms with Gasteiger partial charge in [-0.15, -0.1) is 6.42 Å². The molecule has 2 aromatic rings. The molecule has 1 aromatic heterocycles. The zero-order chi connectivity index (χ0) is 9.97. The summed E-state index contributed by atoms with van der Waals surface area (Å²) in [6.07, 6.45) is 6.82. The van der Waals surface area contributed by atoms with Crippen molar-refractivity contribution in [3.8, 4) is 23.7 Å². The quantitative estimate of drug-likeness (QED) is 0.688. The van der Waals surface area contributed by atoms with Crippen LogP contribution in [0.3, 0.4) is 0 Å². The summed E-state index contributed by atoms with van der Waals surface area (Å²) in [4.78, 5) is 3.81. The molecule has 1 heterocycles. The summed E-state index contributed by atoms with van der Waals surface area (Å²) in [7, 11) is 0. The maximum atomic E-state index is 5.36. The summed E-state index contributed by atoms with van der Waals surface area (Å²) < 4.78 is 5.16. The Labute approximate surface area is 81.6 Å². The van der Waals surface area contributed by atoms with Crippen LogP contribution in [0.25, 0.3) is 11.3 Å². The van der Waals surface area contributed by atoms with Crippen LogP contribution in [0.2, 0.25) is 0 Å². The van der Waals surface area contributed by atoms with E-state index in [1.54, 1.807) is 6.20 Å². The third-order valence-electron chi connectivity index (χ3n) is 1.86. The monoisotopic (exact) mass is 184 g/mol. The second-order valence-electron chi connectivity index (χ2n) is 2.78. The standard InChI is InChI=1S/C11H8N2O/c1-2-8-3-5-9(6-4-8)10-7-13-11(12)14-10/h1,3-7H,(H2,12,13). The van der Waals surface area contributed by atoms with Gasteiger partial charge in [-0.3, -0.25) is 0 Å². The van der Waals surface area contributed by atoms with Gasteiger partial charge in [0.25, 0.3) is 6.01 Å². The van der Waals surface area contributed by atoms with Crippen molar-refractivity contribution in [1.29, 1.82) is 0 Å². The van der Waals surface area contributed by atoms with E-state index in [1.807, 2.05) is 24.3 Å². The molecule has 0 unspecified atom stereocenters. The number of benzene rings is 1. The van der Waals surface area contributed by atoms with Crippen molar-refractivity contribution in [2.45, 2.75) is 0 Å². The average molecular weight is 184 g/mol. The van der Waals surface area contributed by atoms with Crippen LogP contribution in [0.15, 0.2) is 34.9 Å². The normalized spacial score (nSPS) is 9.64. The summed E-state index contributed by atoms with van der Waals surface area (Å²) in [5, 5.41) is 0. The first-order chi connectivity index (χ1) is 6.79. The number of anilines is 1. The largest absolute Gasteiger partial charge is 0.424 e. The minimum atomic E-state index is 0.168.